The number of hydrogen-bond acceptors (Lipinski definition) is 3. The maximum Gasteiger partial charge on any atom is 0.420 e. The summed E-state index contributed by atoms with van der Waals surface area (Å²) in [6.45, 7) is -0.311. The molecule has 0 radical (unpaired) electrons. The lowest BCUT2D eigenvalue weighted by Crippen LogP contribution is -2.20. The number of nitrogens with one attached hydrogen (secondary N) is 1. The Bertz CT molecular complexity index is 904. The highest BCUT2D eigenvalue weighted by atomic mass is 35.5. The van der Waals surface area contributed by atoms with Crippen LogP contribution in [-0.2, 0) is 12.7 Å². The lowest BCUT2D eigenvalue weighted by molar-refractivity contribution is -0.136. The Hall–Kier alpha value is -2.68. The van der Waals surface area contributed by atoms with Gasteiger partial charge in [0.05, 0.1) is 30.3 Å². The molecule has 10 heteroatoms. The number of nitrogens with zero attached hydrogens (tertiary/aromatic N) is 2. The van der Waals surface area contributed by atoms with Gasteiger partial charge in [0, 0.05) is 17.3 Å². The van der Waals surface area contributed by atoms with E-state index in [9.17, 15) is 18.0 Å². The molecule has 0 fully saturated rings. The fourth-order valence-corrected chi connectivity index (χ4v) is 2.47. The van der Waals surface area contributed by atoms with Gasteiger partial charge in [0.2, 0.25) is 0 Å². The number of amides is 1. The highest BCUT2D eigenvalue weighted by Gasteiger charge is 2.35. The Kier molecular flexibility index (Phi) is 3.88. The van der Waals surface area contributed by atoms with E-state index in [1.165, 1.54) is 24.8 Å². The summed E-state index contributed by atoms with van der Waals surface area (Å²) in [6, 6.07) is 2.46. The first kappa shape index (κ1) is 16.2. The topological polar surface area (TPSA) is 79.8 Å². The molecule has 0 bridgehead atoms. The Morgan fingerprint density at radius 2 is 2.17 bits per heavy atom. The standard InChI is InChI=1S/C14H9ClF3N3O3/c15-11-10(4-19-13(22)23)20-12-9(14(16,17)18)3-8(5-21(11)12)7-1-2-24-6-7/h1-3,5-6,19H,4H2,(H,22,23). The average Bonchev–Trinajstić information content (AvgIpc) is 3.12. The van der Waals surface area contributed by atoms with Gasteiger partial charge in [-0.05, 0) is 12.1 Å². The van der Waals surface area contributed by atoms with Crippen LogP contribution in [0.5, 0.6) is 0 Å². The van der Waals surface area contributed by atoms with Gasteiger partial charge in [0.15, 0.2) is 5.65 Å². The molecule has 3 rings (SSSR count). The van der Waals surface area contributed by atoms with Crippen molar-refractivity contribution in [2.24, 2.45) is 0 Å². The number of pyridine rings is 1. The number of furan rings is 1. The van der Waals surface area contributed by atoms with E-state index in [0.29, 0.717) is 5.56 Å². The molecule has 3 aromatic heterocycles. The summed E-state index contributed by atoms with van der Waals surface area (Å²) in [5.41, 5.74) is -0.710. The maximum absolute atomic E-state index is 13.4. The number of hydrogen-bond donors (Lipinski definition) is 2. The Morgan fingerprint density at radius 3 is 2.75 bits per heavy atom. The lowest BCUT2D eigenvalue weighted by atomic mass is 10.1. The smallest absolute Gasteiger partial charge is 0.420 e. The molecule has 126 valence electrons. The van der Waals surface area contributed by atoms with E-state index >= 15 is 0 Å². The van der Waals surface area contributed by atoms with E-state index < -0.39 is 23.5 Å². The second-order valence-electron chi connectivity index (χ2n) is 4.85. The maximum atomic E-state index is 13.4. The Morgan fingerprint density at radius 1 is 1.42 bits per heavy atom. The molecule has 0 aliphatic rings. The first-order chi connectivity index (χ1) is 11.3. The van der Waals surface area contributed by atoms with Crippen molar-refractivity contribution in [3.05, 3.63) is 47.3 Å². The minimum Gasteiger partial charge on any atom is -0.472 e. The molecule has 0 aromatic carbocycles. The second-order valence-corrected chi connectivity index (χ2v) is 5.21. The monoisotopic (exact) mass is 359 g/mol. The fourth-order valence-electron chi connectivity index (χ4n) is 2.23. The first-order valence-corrected chi connectivity index (χ1v) is 6.92. The van der Waals surface area contributed by atoms with Gasteiger partial charge in [-0.1, -0.05) is 11.6 Å². The molecule has 0 atom stereocenters. The molecule has 0 saturated heterocycles. The number of carbonyl (C=O) groups is 1. The van der Waals surface area contributed by atoms with E-state index in [1.807, 2.05) is 5.32 Å². The SMILES string of the molecule is O=C(O)NCc1nc2c(C(F)(F)F)cc(-c3ccoc3)cn2c1Cl. The van der Waals surface area contributed by atoms with Crippen LogP contribution < -0.4 is 5.32 Å². The average molecular weight is 360 g/mol. The quantitative estimate of drug-likeness (QED) is 0.739. The van der Waals surface area contributed by atoms with Crippen LogP contribution in [0, 0.1) is 0 Å². The van der Waals surface area contributed by atoms with Crippen LogP contribution in [0.4, 0.5) is 18.0 Å². The molecule has 0 aliphatic carbocycles. The number of carboxylic acid groups (broad SMARTS) is 1. The first-order valence-electron chi connectivity index (χ1n) is 6.54. The highest BCUT2D eigenvalue weighted by molar-refractivity contribution is 6.30. The van der Waals surface area contributed by atoms with Crippen molar-refractivity contribution in [1.82, 2.24) is 14.7 Å². The van der Waals surface area contributed by atoms with Gasteiger partial charge in [-0.2, -0.15) is 13.2 Å². The van der Waals surface area contributed by atoms with Gasteiger partial charge in [0.25, 0.3) is 0 Å². The van der Waals surface area contributed by atoms with Crippen molar-refractivity contribution in [3.63, 3.8) is 0 Å². The number of imidazole rings is 1. The van der Waals surface area contributed by atoms with Gasteiger partial charge >= 0.3 is 12.3 Å². The van der Waals surface area contributed by atoms with Crippen LogP contribution in [-0.4, -0.2) is 20.6 Å². The van der Waals surface area contributed by atoms with E-state index in [1.54, 1.807) is 0 Å². The van der Waals surface area contributed by atoms with Gasteiger partial charge in [-0.3, -0.25) is 4.40 Å². The molecule has 2 N–H and O–H groups in total. The Balaban J connectivity index is 2.21. The van der Waals surface area contributed by atoms with Crippen LogP contribution in [0.3, 0.4) is 0 Å². The molecule has 0 unspecified atom stereocenters. The summed E-state index contributed by atoms with van der Waals surface area (Å²) in [7, 11) is 0. The molecule has 3 heterocycles. The predicted molar refractivity (Wildman–Crippen MR) is 77.8 cm³/mol. The number of fused-ring (bicyclic) bond motifs is 1. The third-order valence-electron chi connectivity index (χ3n) is 3.29. The third kappa shape index (κ3) is 2.90. The van der Waals surface area contributed by atoms with Crippen LogP contribution in [0.2, 0.25) is 5.15 Å². The van der Waals surface area contributed by atoms with Gasteiger partial charge in [-0.25, -0.2) is 9.78 Å². The van der Waals surface area contributed by atoms with Crippen LogP contribution >= 0.6 is 11.6 Å². The predicted octanol–water partition coefficient (Wildman–Crippen LogP) is 4.03. The summed E-state index contributed by atoms with van der Waals surface area (Å²) >= 11 is 6.07. The lowest BCUT2D eigenvalue weighted by Gasteiger charge is -2.10. The zero-order chi connectivity index (χ0) is 17.5. The van der Waals surface area contributed by atoms with Crippen molar-refractivity contribution in [1.29, 1.82) is 0 Å². The van der Waals surface area contributed by atoms with Gasteiger partial charge in [-0.15, -0.1) is 0 Å². The Labute approximate surface area is 137 Å². The van der Waals surface area contributed by atoms with E-state index in [2.05, 4.69) is 4.98 Å². The molecular weight excluding hydrogens is 351 g/mol. The zero-order valence-electron chi connectivity index (χ0n) is 11.8. The van der Waals surface area contributed by atoms with Crippen LogP contribution in [0.25, 0.3) is 16.8 Å². The number of halogens is 4. The van der Waals surface area contributed by atoms with E-state index in [-0.39, 0.29) is 23.0 Å². The molecule has 0 aliphatic heterocycles. The summed E-state index contributed by atoms with van der Waals surface area (Å²) in [6.07, 6.45) is -1.97. The molecule has 6 nitrogen and oxygen atoms in total. The molecular formula is C14H9ClF3N3O3. The van der Waals surface area contributed by atoms with E-state index in [4.69, 9.17) is 21.1 Å². The van der Waals surface area contributed by atoms with Crippen molar-refractivity contribution in [3.8, 4) is 11.1 Å². The summed E-state index contributed by atoms with van der Waals surface area (Å²) in [5.74, 6) is 0. The number of rotatable bonds is 3. The van der Waals surface area contributed by atoms with Crippen molar-refractivity contribution < 1.29 is 27.5 Å². The molecule has 1 amide bonds. The van der Waals surface area contributed by atoms with Crippen molar-refractivity contribution >= 4 is 23.3 Å². The minimum absolute atomic E-state index is 0.00564. The second kappa shape index (κ2) is 5.75. The molecule has 3 aromatic rings. The number of aromatic nitrogens is 2. The molecule has 0 saturated carbocycles. The minimum atomic E-state index is -4.66. The summed E-state index contributed by atoms with van der Waals surface area (Å²) in [4.78, 5) is 14.4. The van der Waals surface area contributed by atoms with Crippen molar-refractivity contribution in [2.45, 2.75) is 12.7 Å². The third-order valence-corrected chi connectivity index (χ3v) is 3.69. The van der Waals surface area contributed by atoms with Crippen LogP contribution in [0.1, 0.15) is 11.3 Å². The number of alkyl halides is 3. The summed E-state index contributed by atoms with van der Waals surface area (Å²) < 4.78 is 46.1. The molecule has 0 spiro atoms. The largest absolute Gasteiger partial charge is 0.472 e. The molecule has 24 heavy (non-hydrogen) atoms. The zero-order valence-corrected chi connectivity index (χ0v) is 12.5. The summed E-state index contributed by atoms with van der Waals surface area (Å²) in [5, 5.41) is 10.5. The van der Waals surface area contributed by atoms with Crippen LogP contribution in [0.15, 0.2) is 35.3 Å². The highest BCUT2D eigenvalue weighted by Crippen LogP contribution is 2.36. The van der Waals surface area contributed by atoms with Crippen molar-refractivity contribution in [2.75, 3.05) is 0 Å². The normalized spacial score (nSPS) is 11.8. The fraction of sp³-hybridized carbons (Fsp3) is 0.143. The van der Waals surface area contributed by atoms with E-state index in [0.717, 1.165) is 10.5 Å². The van der Waals surface area contributed by atoms with Gasteiger partial charge in [0.1, 0.15) is 5.15 Å². The van der Waals surface area contributed by atoms with Gasteiger partial charge < -0.3 is 14.8 Å².